The highest BCUT2D eigenvalue weighted by Gasteiger charge is 2.32. The van der Waals surface area contributed by atoms with E-state index in [0.717, 1.165) is 11.8 Å². The molecule has 0 unspecified atom stereocenters. The van der Waals surface area contributed by atoms with Gasteiger partial charge >= 0.3 is 5.97 Å². The molecule has 8 nitrogen and oxygen atoms in total. The molecule has 3 rings (SSSR count). The van der Waals surface area contributed by atoms with Crippen LogP contribution in [0.4, 0.5) is 11.4 Å². The minimum atomic E-state index is -0.576. The van der Waals surface area contributed by atoms with Crippen LogP contribution in [-0.4, -0.2) is 40.5 Å². The van der Waals surface area contributed by atoms with Gasteiger partial charge in [0.1, 0.15) is 5.02 Å². The molecule has 10 heteroatoms. The Balaban J connectivity index is 1.95. The number of nitro benzene ring substituents is 1. The highest BCUT2D eigenvalue weighted by molar-refractivity contribution is 8.18. The molecule has 0 N–H and O–H groups in total. The van der Waals surface area contributed by atoms with Crippen molar-refractivity contribution in [2.24, 2.45) is 4.99 Å². The molecule has 1 fully saturated rings. The number of benzene rings is 2. The van der Waals surface area contributed by atoms with Crippen LogP contribution >= 0.6 is 23.4 Å². The largest absolute Gasteiger partial charge is 0.465 e. The van der Waals surface area contributed by atoms with Gasteiger partial charge in [0.25, 0.3) is 11.6 Å². The number of ether oxygens (including phenoxy) is 1. The first-order chi connectivity index (χ1) is 14.3. The van der Waals surface area contributed by atoms with Gasteiger partial charge in [-0.1, -0.05) is 23.7 Å². The van der Waals surface area contributed by atoms with Crippen LogP contribution in [0.1, 0.15) is 22.8 Å². The lowest BCUT2D eigenvalue weighted by atomic mass is 10.2. The van der Waals surface area contributed by atoms with E-state index < -0.39 is 10.9 Å². The predicted molar refractivity (Wildman–Crippen MR) is 116 cm³/mol. The van der Waals surface area contributed by atoms with E-state index >= 15 is 0 Å². The van der Waals surface area contributed by atoms with Gasteiger partial charge in [0, 0.05) is 12.6 Å². The topological polar surface area (TPSA) is 102 Å². The number of amides is 1. The third-order valence-corrected chi connectivity index (χ3v) is 5.49. The Morgan fingerprint density at radius 2 is 2.10 bits per heavy atom. The molecule has 30 heavy (non-hydrogen) atoms. The fourth-order valence-electron chi connectivity index (χ4n) is 2.71. The molecule has 0 bridgehead atoms. The Morgan fingerprint density at radius 3 is 2.77 bits per heavy atom. The number of amidine groups is 1. The second kappa shape index (κ2) is 9.10. The number of nitro groups is 1. The number of aliphatic imine (C=N–C) groups is 1. The number of nitrogens with zero attached hydrogens (tertiary/aromatic N) is 3. The van der Waals surface area contributed by atoms with Crippen LogP contribution in [0.3, 0.4) is 0 Å². The van der Waals surface area contributed by atoms with Gasteiger partial charge in [-0.25, -0.2) is 9.79 Å². The van der Waals surface area contributed by atoms with Crippen molar-refractivity contribution in [3.63, 3.8) is 0 Å². The van der Waals surface area contributed by atoms with Gasteiger partial charge in [-0.3, -0.25) is 19.8 Å². The van der Waals surface area contributed by atoms with E-state index in [1.165, 1.54) is 24.1 Å². The Hall–Kier alpha value is -3.17. The van der Waals surface area contributed by atoms with Gasteiger partial charge < -0.3 is 4.74 Å². The van der Waals surface area contributed by atoms with E-state index in [1.807, 2.05) is 6.92 Å². The average Bonchev–Trinajstić information content (AvgIpc) is 3.02. The van der Waals surface area contributed by atoms with E-state index in [0.29, 0.717) is 33.4 Å². The smallest absolute Gasteiger partial charge is 0.337 e. The molecule has 0 saturated carbocycles. The number of hydrogen-bond acceptors (Lipinski definition) is 7. The summed E-state index contributed by atoms with van der Waals surface area (Å²) in [6.07, 6.45) is 1.56. The number of hydrogen-bond donors (Lipinski definition) is 0. The van der Waals surface area contributed by atoms with Gasteiger partial charge in [-0.15, -0.1) is 0 Å². The first-order valence-electron chi connectivity index (χ1n) is 8.76. The summed E-state index contributed by atoms with van der Waals surface area (Å²) in [7, 11) is 1.30. The number of carbonyl (C=O) groups is 2. The fourth-order valence-corrected chi connectivity index (χ4v) is 3.96. The standard InChI is InChI=1S/C20H16ClN3O5S/c1-3-23-18(25)17(10-12-7-8-15(21)16(9-12)24(27)28)30-20(23)22-14-6-4-5-13(11-14)19(26)29-2/h4-11H,3H2,1-2H3. The van der Waals surface area contributed by atoms with Crippen molar-refractivity contribution in [2.45, 2.75) is 6.92 Å². The zero-order valence-corrected chi connectivity index (χ0v) is 17.6. The van der Waals surface area contributed by atoms with Crippen LogP contribution < -0.4 is 0 Å². The molecule has 0 aromatic heterocycles. The Morgan fingerprint density at radius 1 is 1.33 bits per heavy atom. The van der Waals surface area contributed by atoms with Crippen molar-refractivity contribution in [1.82, 2.24) is 4.90 Å². The SMILES string of the molecule is CCN1C(=O)C(=Cc2ccc(Cl)c([N+](=O)[O-])c2)SC1=Nc1cccc(C(=O)OC)c1. The molecule has 1 aliphatic rings. The van der Waals surface area contributed by atoms with Crippen molar-refractivity contribution in [1.29, 1.82) is 0 Å². The van der Waals surface area contributed by atoms with Crippen molar-refractivity contribution < 1.29 is 19.2 Å². The molecule has 0 spiro atoms. The van der Waals surface area contributed by atoms with Crippen molar-refractivity contribution in [3.8, 4) is 0 Å². The molecule has 1 aliphatic heterocycles. The van der Waals surface area contributed by atoms with E-state index in [2.05, 4.69) is 4.99 Å². The minimum Gasteiger partial charge on any atom is -0.465 e. The quantitative estimate of drug-likeness (QED) is 0.287. The molecule has 1 amide bonds. The number of carbonyl (C=O) groups excluding carboxylic acids is 2. The second-order valence-corrected chi connectivity index (χ2v) is 7.48. The van der Waals surface area contributed by atoms with E-state index in [9.17, 15) is 19.7 Å². The maximum Gasteiger partial charge on any atom is 0.337 e. The van der Waals surface area contributed by atoms with Crippen molar-refractivity contribution in [2.75, 3.05) is 13.7 Å². The van der Waals surface area contributed by atoms with Crippen LogP contribution in [0.15, 0.2) is 52.4 Å². The number of esters is 1. The van der Waals surface area contributed by atoms with Crippen LogP contribution in [0, 0.1) is 10.1 Å². The Labute approximate surface area is 181 Å². The first kappa shape index (κ1) is 21.5. The third kappa shape index (κ3) is 4.52. The highest BCUT2D eigenvalue weighted by atomic mass is 35.5. The van der Waals surface area contributed by atoms with Gasteiger partial charge in [-0.05, 0) is 54.6 Å². The van der Waals surface area contributed by atoms with Gasteiger partial charge in [0.15, 0.2) is 5.17 Å². The number of halogens is 1. The molecule has 0 atom stereocenters. The first-order valence-corrected chi connectivity index (χ1v) is 9.96. The van der Waals surface area contributed by atoms with E-state index in [1.54, 1.807) is 36.4 Å². The maximum atomic E-state index is 12.8. The summed E-state index contributed by atoms with van der Waals surface area (Å²) < 4.78 is 4.72. The summed E-state index contributed by atoms with van der Waals surface area (Å²) >= 11 is 6.99. The molecular formula is C20H16ClN3O5S. The predicted octanol–water partition coefficient (Wildman–Crippen LogP) is 4.66. The van der Waals surface area contributed by atoms with Gasteiger partial charge in [-0.2, -0.15) is 0 Å². The minimum absolute atomic E-state index is 0.0236. The van der Waals surface area contributed by atoms with E-state index in [-0.39, 0.29) is 16.6 Å². The van der Waals surface area contributed by atoms with Crippen molar-refractivity contribution >= 4 is 57.9 Å². The molecule has 2 aromatic carbocycles. The second-order valence-electron chi connectivity index (χ2n) is 6.06. The highest BCUT2D eigenvalue weighted by Crippen LogP contribution is 2.35. The summed E-state index contributed by atoms with van der Waals surface area (Å²) in [5, 5.41) is 11.6. The molecule has 154 valence electrons. The van der Waals surface area contributed by atoms with E-state index in [4.69, 9.17) is 16.3 Å². The number of thioether (sulfide) groups is 1. The Bertz CT molecular complexity index is 1100. The molecule has 0 radical (unpaired) electrons. The monoisotopic (exact) mass is 445 g/mol. The maximum absolute atomic E-state index is 12.8. The summed E-state index contributed by atoms with van der Waals surface area (Å²) in [4.78, 5) is 41.4. The lowest BCUT2D eigenvalue weighted by molar-refractivity contribution is -0.384. The average molecular weight is 446 g/mol. The lowest BCUT2D eigenvalue weighted by Gasteiger charge is -2.12. The van der Waals surface area contributed by atoms with Gasteiger partial charge in [0.05, 0.1) is 28.2 Å². The number of methoxy groups -OCH3 is 1. The zero-order valence-electron chi connectivity index (χ0n) is 16.0. The fraction of sp³-hybridized carbons (Fsp3) is 0.150. The molecule has 2 aromatic rings. The lowest BCUT2D eigenvalue weighted by Crippen LogP contribution is -2.28. The van der Waals surface area contributed by atoms with Crippen LogP contribution in [0.25, 0.3) is 6.08 Å². The normalized spacial score (nSPS) is 16.4. The zero-order chi connectivity index (χ0) is 21.8. The molecular weight excluding hydrogens is 430 g/mol. The van der Waals surface area contributed by atoms with Gasteiger partial charge in [0.2, 0.25) is 0 Å². The summed E-state index contributed by atoms with van der Waals surface area (Å²) in [5.41, 5.74) is 1.09. The molecule has 1 saturated heterocycles. The summed E-state index contributed by atoms with van der Waals surface area (Å²) in [6.45, 7) is 2.20. The van der Waals surface area contributed by atoms with Crippen LogP contribution in [-0.2, 0) is 9.53 Å². The third-order valence-electron chi connectivity index (χ3n) is 4.16. The molecule has 1 heterocycles. The van der Waals surface area contributed by atoms with Crippen LogP contribution in [0.5, 0.6) is 0 Å². The van der Waals surface area contributed by atoms with Crippen molar-refractivity contribution in [3.05, 3.63) is 73.6 Å². The summed E-state index contributed by atoms with van der Waals surface area (Å²) in [6, 6.07) is 10.9. The Kier molecular flexibility index (Phi) is 6.53. The number of rotatable bonds is 5. The summed E-state index contributed by atoms with van der Waals surface area (Å²) in [5.74, 6) is -0.743. The molecule has 0 aliphatic carbocycles. The number of likely N-dealkylation sites (N-methyl/N-ethyl adjacent to an activating group) is 1. The van der Waals surface area contributed by atoms with Crippen LogP contribution in [0.2, 0.25) is 5.02 Å².